The topological polar surface area (TPSA) is 59.4 Å². The Morgan fingerprint density at radius 2 is 1.82 bits per heavy atom. The summed E-state index contributed by atoms with van der Waals surface area (Å²) in [6.45, 7) is 2.46. The van der Waals surface area contributed by atoms with Crippen LogP contribution in [0, 0.1) is 3.57 Å². The molecule has 6 heteroatoms. The molecule has 0 atom stereocenters. The zero-order valence-corrected chi connectivity index (χ0v) is 17.7. The molecule has 0 saturated heterocycles. The molecule has 4 rings (SSSR count). The van der Waals surface area contributed by atoms with Gasteiger partial charge in [-0.15, -0.1) is 0 Å². The van der Waals surface area contributed by atoms with Crippen LogP contribution in [-0.2, 0) is 0 Å². The third-order valence-electron chi connectivity index (χ3n) is 4.47. The normalized spacial score (nSPS) is 10.6. The average Bonchev–Trinajstić information content (AvgIpc) is 2.69. The van der Waals surface area contributed by atoms with E-state index in [0.717, 1.165) is 36.6 Å². The number of hydrogen-bond acceptors (Lipinski definition) is 3. The van der Waals surface area contributed by atoms with Crippen LogP contribution in [0.1, 0.15) is 18.8 Å². The smallest absolute Gasteiger partial charge is 1.00 e. The van der Waals surface area contributed by atoms with E-state index in [1.807, 2.05) is 37.3 Å². The Hall–Kier alpha value is -2.07. The minimum absolute atomic E-state index is 0. The third kappa shape index (κ3) is 3.62. The average molecular weight is 477 g/mol. The number of pyridine rings is 1. The van der Waals surface area contributed by atoms with Crippen molar-refractivity contribution < 1.29 is 34.9 Å². The van der Waals surface area contributed by atoms with Crippen LogP contribution in [0.25, 0.3) is 32.8 Å². The van der Waals surface area contributed by atoms with Gasteiger partial charge in [0.2, 0.25) is 0 Å². The number of rotatable bonds is 4. The van der Waals surface area contributed by atoms with Gasteiger partial charge in [-0.1, -0.05) is 42.5 Å². The summed E-state index contributed by atoms with van der Waals surface area (Å²) in [6.07, 6.45) is 0. The van der Waals surface area contributed by atoms with Crippen molar-refractivity contribution in [2.24, 2.45) is 0 Å². The number of nitrogens with zero attached hydrogens (tertiary/aromatic N) is 1. The summed E-state index contributed by atoms with van der Waals surface area (Å²) in [7, 11) is 0. The van der Waals surface area contributed by atoms with Crippen LogP contribution in [0.3, 0.4) is 0 Å². The monoisotopic (exact) mass is 477 g/mol. The minimum Gasteiger partial charge on any atom is -1.00 e. The standard InChI is InChI=1S/C22H16INO3.Li.H/c1-2-27-21-16-10-11-19(22(25)26)24-20(16)17(12-18(21)23)15-9-5-7-13-6-3-4-8-14(13)15;;/h3-12H,2H2,1H3,(H,25,26);;/q;+1;-1. The van der Waals surface area contributed by atoms with Gasteiger partial charge in [0.25, 0.3) is 0 Å². The van der Waals surface area contributed by atoms with Crippen molar-refractivity contribution in [1.29, 1.82) is 0 Å². The number of aromatic carboxylic acids is 1. The number of carbonyl (C=O) groups is 1. The summed E-state index contributed by atoms with van der Waals surface area (Å²) in [6, 6.07) is 19.6. The molecule has 0 saturated carbocycles. The van der Waals surface area contributed by atoms with E-state index in [9.17, 15) is 9.90 Å². The zero-order chi connectivity index (χ0) is 19.0. The van der Waals surface area contributed by atoms with Crippen molar-refractivity contribution in [3.8, 4) is 16.9 Å². The molecule has 0 aliphatic carbocycles. The van der Waals surface area contributed by atoms with Gasteiger partial charge in [-0.2, -0.15) is 0 Å². The van der Waals surface area contributed by atoms with Gasteiger partial charge in [0.05, 0.1) is 15.7 Å². The van der Waals surface area contributed by atoms with Gasteiger partial charge in [-0.25, -0.2) is 9.78 Å². The Labute approximate surface area is 189 Å². The summed E-state index contributed by atoms with van der Waals surface area (Å²) in [5.41, 5.74) is 2.58. The van der Waals surface area contributed by atoms with Gasteiger partial charge in [0.15, 0.2) is 0 Å². The summed E-state index contributed by atoms with van der Waals surface area (Å²) < 4.78 is 6.80. The van der Waals surface area contributed by atoms with Crippen molar-refractivity contribution in [2.45, 2.75) is 6.92 Å². The molecule has 4 nitrogen and oxygen atoms in total. The molecule has 0 bridgehead atoms. The number of aromatic nitrogens is 1. The molecule has 1 aromatic heterocycles. The summed E-state index contributed by atoms with van der Waals surface area (Å²) in [5, 5.41) is 12.5. The maximum Gasteiger partial charge on any atom is 1.00 e. The molecule has 0 aliphatic rings. The van der Waals surface area contributed by atoms with E-state index in [1.165, 1.54) is 6.07 Å². The Morgan fingerprint density at radius 1 is 1.07 bits per heavy atom. The Balaban J connectivity index is 0.00000150. The number of hydrogen-bond donors (Lipinski definition) is 1. The number of carboxylic acid groups (broad SMARTS) is 1. The molecule has 0 aliphatic heterocycles. The van der Waals surface area contributed by atoms with Crippen molar-refractivity contribution >= 4 is 50.2 Å². The van der Waals surface area contributed by atoms with Crippen molar-refractivity contribution in [1.82, 2.24) is 4.98 Å². The van der Waals surface area contributed by atoms with Gasteiger partial charge in [0, 0.05) is 10.9 Å². The van der Waals surface area contributed by atoms with Crippen LogP contribution in [0.2, 0.25) is 0 Å². The van der Waals surface area contributed by atoms with Crippen molar-refractivity contribution in [3.63, 3.8) is 0 Å². The van der Waals surface area contributed by atoms with Crippen LogP contribution >= 0.6 is 22.6 Å². The van der Waals surface area contributed by atoms with E-state index in [2.05, 4.69) is 45.8 Å². The largest absolute Gasteiger partial charge is 1.00 e. The maximum absolute atomic E-state index is 11.5. The molecule has 3 aromatic carbocycles. The van der Waals surface area contributed by atoms with Crippen LogP contribution in [0.4, 0.5) is 0 Å². The Morgan fingerprint density at radius 3 is 2.57 bits per heavy atom. The van der Waals surface area contributed by atoms with Gasteiger partial charge < -0.3 is 11.3 Å². The van der Waals surface area contributed by atoms with Gasteiger partial charge >= 0.3 is 24.8 Å². The molecule has 0 spiro atoms. The first-order valence-electron chi connectivity index (χ1n) is 8.57. The maximum atomic E-state index is 11.5. The van der Waals surface area contributed by atoms with Crippen LogP contribution in [0.5, 0.6) is 5.75 Å². The number of fused-ring (bicyclic) bond motifs is 2. The summed E-state index contributed by atoms with van der Waals surface area (Å²) >= 11 is 2.26. The van der Waals surface area contributed by atoms with E-state index >= 15 is 0 Å². The molecule has 1 heterocycles. The number of benzene rings is 3. The molecular formula is C22H17ILiNO3. The van der Waals surface area contributed by atoms with Gasteiger partial charge in [-0.05, 0) is 64.0 Å². The quantitative estimate of drug-likeness (QED) is 0.363. The minimum atomic E-state index is -1.04. The summed E-state index contributed by atoms with van der Waals surface area (Å²) in [5.74, 6) is -0.307. The predicted molar refractivity (Wildman–Crippen MR) is 117 cm³/mol. The van der Waals surface area contributed by atoms with Crippen LogP contribution < -0.4 is 23.6 Å². The SMILES string of the molecule is CCOc1c(I)cc(-c2cccc3ccccc23)c2nc(C(=O)O)ccc12.[H-].[Li+]. The first-order valence-corrected chi connectivity index (χ1v) is 9.65. The zero-order valence-electron chi connectivity index (χ0n) is 16.6. The fourth-order valence-corrected chi connectivity index (χ4v) is 4.07. The Kier molecular flexibility index (Phi) is 6.29. The first-order chi connectivity index (χ1) is 13.1. The van der Waals surface area contributed by atoms with E-state index in [1.54, 1.807) is 6.07 Å². The second-order valence-electron chi connectivity index (χ2n) is 6.09. The van der Waals surface area contributed by atoms with Gasteiger partial charge in [0.1, 0.15) is 11.4 Å². The molecule has 28 heavy (non-hydrogen) atoms. The molecular weight excluding hydrogens is 460 g/mol. The molecule has 0 unspecified atom stereocenters. The Bertz CT molecular complexity index is 1190. The van der Waals surface area contributed by atoms with Crippen molar-refractivity contribution in [2.75, 3.05) is 6.61 Å². The van der Waals surface area contributed by atoms with Crippen LogP contribution in [0.15, 0.2) is 60.7 Å². The number of ether oxygens (including phenoxy) is 1. The van der Waals surface area contributed by atoms with E-state index in [-0.39, 0.29) is 26.0 Å². The van der Waals surface area contributed by atoms with Crippen molar-refractivity contribution in [3.05, 3.63) is 69.9 Å². The molecule has 0 fully saturated rings. The second kappa shape index (κ2) is 8.52. The third-order valence-corrected chi connectivity index (χ3v) is 5.27. The molecule has 136 valence electrons. The van der Waals surface area contributed by atoms with E-state index in [0.29, 0.717) is 12.1 Å². The number of carboxylic acids is 1. The molecule has 1 N–H and O–H groups in total. The predicted octanol–water partition coefficient (Wildman–Crippen LogP) is 2.87. The molecule has 0 radical (unpaired) electrons. The first kappa shape index (κ1) is 20.7. The van der Waals surface area contributed by atoms with E-state index < -0.39 is 5.97 Å². The fraction of sp³-hybridized carbons (Fsp3) is 0.0909. The second-order valence-corrected chi connectivity index (χ2v) is 7.25. The molecule has 0 amide bonds. The molecule has 4 aromatic rings. The summed E-state index contributed by atoms with van der Waals surface area (Å²) in [4.78, 5) is 15.9. The fourth-order valence-electron chi connectivity index (χ4n) is 3.31. The number of halogens is 1. The van der Waals surface area contributed by atoms with Crippen LogP contribution in [-0.4, -0.2) is 22.7 Å². The van der Waals surface area contributed by atoms with E-state index in [4.69, 9.17) is 4.74 Å². The van der Waals surface area contributed by atoms with Gasteiger partial charge in [-0.3, -0.25) is 0 Å².